The van der Waals surface area contributed by atoms with Crippen molar-refractivity contribution < 1.29 is 14.3 Å². The number of methoxy groups -OCH3 is 1. The maximum Gasteiger partial charge on any atom is 0.336 e. The van der Waals surface area contributed by atoms with Crippen LogP contribution in [0.4, 0.5) is 0 Å². The van der Waals surface area contributed by atoms with Crippen LogP contribution < -0.4 is 0 Å². The second-order valence-corrected chi connectivity index (χ2v) is 4.58. The summed E-state index contributed by atoms with van der Waals surface area (Å²) in [5.41, 5.74) is 1.83. The highest BCUT2D eigenvalue weighted by Gasteiger charge is 2.13. The Bertz CT molecular complexity index is 313. The molecule has 0 amide bonds. The summed E-state index contributed by atoms with van der Waals surface area (Å²) in [6.45, 7) is 4.01. The van der Waals surface area contributed by atoms with Gasteiger partial charge in [0.25, 0.3) is 0 Å². The minimum atomic E-state index is -0.270. The van der Waals surface area contributed by atoms with Gasteiger partial charge in [0.05, 0.1) is 18.3 Å². The average molecular weight is 238 g/mol. The number of allylic oxidation sites excluding steroid dienone is 3. The number of hydrogen-bond acceptors (Lipinski definition) is 3. The van der Waals surface area contributed by atoms with Crippen LogP contribution in [0.2, 0.25) is 0 Å². The summed E-state index contributed by atoms with van der Waals surface area (Å²) >= 11 is 0. The molecular formula is C14H22O3. The van der Waals surface area contributed by atoms with E-state index in [1.807, 2.05) is 19.9 Å². The van der Waals surface area contributed by atoms with Gasteiger partial charge in [-0.05, 0) is 45.6 Å². The van der Waals surface area contributed by atoms with Gasteiger partial charge in [0.1, 0.15) is 0 Å². The summed E-state index contributed by atoms with van der Waals surface area (Å²) in [4.78, 5) is 11.8. The van der Waals surface area contributed by atoms with E-state index in [4.69, 9.17) is 9.47 Å². The molecule has 0 fully saturated rings. The van der Waals surface area contributed by atoms with Gasteiger partial charge in [-0.3, -0.25) is 0 Å². The molecule has 0 saturated heterocycles. The van der Waals surface area contributed by atoms with Crippen LogP contribution in [0.25, 0.3) is 0 Å². The summed E-state index contributed by atoms with van der Waals surface area (Å²) < 4.78 is 10.2. The van der Waals surface area contributed by atoms with Gasteiger partial charge in [-0.15, -0.1) is 0 Å². The first-order valence-electron chi connectivity index (χ1n) is 6.23. The standard InChI is InChI=1S/C14H22O3/c1-11(2)17-14(15)13(10-16-3)9-12-7-5-4-6-8-12/h7,9,11H,4-6,8,10H2,1-3H3. The Morgan fingerprint density at radius 1 is 1.47 bits per heavy atom. The first kappa shape index (κ1) is 14.0. The van der Waals surface area contributed by atoms with E-state index < -0.39 is 0 Å². The summed E-state index contributed by atoms with van der Waals surface area (Å²) in [6.07, 6.45) is 8.61. The lowest BCUT2D eigenvalue weighted by molar-refractivity contribution is -0.143. The maximum atomic E-state index is 11.8. The fraction of sp³-hybridized carbons (Fsp3) is 0.643. The topological polar surface area (TPSA) is 35.5 Å². The van der Waals surface area contributed by atoms with Gasteiger partial charge in [-0.2, -0.15) is 0 Å². The summed E-state index contributed by atoms with van der Waals surface area (Å²) in [7, 11) is 1.59. The van der Waals surface area contributed by atoms with Crippen LogP contribution in [0.15, 0.2) is 23.3 Å². The van der Waals surface area contributed by atoms with Crippen LogP contribution in [0, 0.1) is 0 Å². The van der Waals surface area contributed by atoms with Crippen molar-refractivity contribution in [2.24, 2.45) is 0 Å². The largest absolute Gasteiger partial charge is 0.460 e. The van der Waals surface area contributed by atoms with Gasteiger partial charge < -0.3 is 9.47 Å². The number of hydrogen-bond donors (Lipinski definition) is 0. The van der Waals surface area contributed by atoms with Crippen molar-refractivity contribution in [2.45, 2.75) is 45.6 Å². The molecule has 1 aliphatic rings. The minimum absolute atomic E-state index is 0.0944. The minimum Gasteiger partial charge on any atom is -0.460 e. The fourth-order valence-corrected chi connectivity index (χ4v) is 1.82. The van der Waals surface area contributed by atoms with Crippen LogP contribution in [-0.4, -0.2) is 25.8 Å². The lowest BCUT2D eigenvalue weighted by atomic mass is 9.98. The molecule has 3 heteroatoms. The SMILES string of the molecule is COCC(=CC1=CCCCC1)C(=O)OC(C)C. The Balaban J connectivity index is 2.72. The Morgan fingerprint density at radius 2 is 2.24 bits per heavy atom. The zero-order valence-corrected chi connectivity index (χ0v) is 11.0. The quantitative estimate of drug-likeness (QED) is 0.545. The molecule has 0 N–H and O–H groups in total. The molecule has 0 bridgehead atoms. The Labute approximate surface area is 103 Å². The third-order valence-corrected chi connectivity index (χ3v) is 2.59. The summed E-state index contributed by atoms with van der Waals surface area (Å²) in [6, 6.07) is 0. The van der Waals surface area contributed by atoms with Crippen molar-refractivity contribution >= 4 is 5.97 Å². The third-order valence-electron chi connectivity index (χ3n) is 2.59. The van der Waals surface area contributed by atoms with Crippen molar-refractivity contribution in [1.29, 1.82) is 0 Å². The predicted octanol–water partition coefficient (Wildman–Crippen LogP) is 3.01. The molecule has 0 unspecified atom stereocenters. The molecule has 0 aromatic carbocycles. The van der Waals surface area contributed by atoms with Crippen molar-refractivity contribution in [1.82, 2.24) is 0 Å². The molecule has 1 rings (SSSR count). The van der Waals surface area contributed by atoms with Crippen LogP contribution >= 0.6 is 0 Å². The molecule has 0 atom stereocenters. The predicted molar refractivity (Wildman–Crippen MR) is 67.7 cm³/mol. The lowest BCUT2D eigenvalue weighted by Gasteiger charge is -2.13. The van der Waals surface area contributed by atoms with Crippen LogP contribution in [0.5, 0.6) is 0 Å². The van der Waals surface area contributed by atoms with Gasteiger partial charge in [-0.25, -0.2) is 4.79 Å². The molecule has 0 aliphatic heterocycles. The average Bonchev–Trinajstić information content (AvgIpc) is 2.29. The van der Waals surface area contributed by atoms with Crippen molar-refractivity contribution in [2.75, 3.05) is 13.7 Å². The second-order valence-electron chi connectivity index (χ2n) is 4.58. The highest BCUT2D eigenvalue weighted by atomic mass is 16.5. The summed E-state index contributed by atoms with van der Waals surface area (Å²) in [5, 5.41) is 0. The fourth-order valence-electron chi connectivity index (χ4n) is 1.82. The number of carbonyl (C=O) groups excluding carboxylic acids is 1. The number of rotatable bonds is 5. The Morgan fingerprint density at radius 3 is 2.76 bits per heavy atom. The molecule has 0 spiro atoms. The van der Waals surface area contributed by atoms with Gasteiger partial charge in [0.15, 0.2) is 0 Å². The maximum absolute atomic E-state index is 11.8. The molecule has 0 aromatic heterocycles. The molecule has 0 aromatic rings. The van der Waals surface area contributed by atoms with E-state index in [0.29, 0.717) is 12.2 Å². The zero-order valence-electron chi connectivity index (χ0n) is 11.0. The Hall–Kier alpha value is -1.09. The van der Waals surface area contributed by atoms with Crippen LogP contribution in [0.1, 0.15) is 39.5 Å². The number of ether oxygens (including phenoxy) is 2. The summed E-state index contributed by atoms with van der Waals surface area (Å²) in [5.74, 6) is -0.270. The number of carbonyl (C=O) groups is 1. The first-order valence-corrected chi connectivity index (χ1v) is 6.23. The van der Waals surface area contributed by atoms with E-state index in [-0.39, 0.29) is 12.1 Å². The lowest BCUT2D eigenvalue weighted by Crippen LogP contribution is -2.16. The van der Waals surface area contributed by atoms with Crippen LogP contribution in [-0.2, 0) is 14.3 Å². The zero-order chi connectivity index (χ0) is 12.7. The normalized spacial score (nSPS) is 16.9. The third kappa shape index (κ3) is 5.18. The van der Waals surface area contributed by atoms with E-state index in [1.165, 1.54) is 18.4 Å². The molecule has 0 heterocycles. The molecule has 3 nitrogen and oxygen atoms in total. The second kappa shape index (κ2) is 7.28. The molecular weight excluding hydrogens is 216 g/mol. The van der Waals surface area contributed by atoms with Gasteiger partial charge in [-0.1, -0.05) is 11.6 Å². The van der Waals surface area contributed by atoms with E-state index in [0.717, 1.165) is 12.8 Å². The molecule has 96 valence electrons. The van der Waals surface area contributed by atoms with E-state index in [1.54, 1.807) is 7.11 Å². The van der Waals surface area contributed by atoms with Crippen LogP contribution in [0.3, 0.4) is 0 Å². The molecule has 0 saturated carbocycles. The van der Waals surface area contributed by atoms with Gasteiger partial charge in [0, 0.05) is 7.11 Å². The smallest absolute Gasteiger partial charge is 0.336 e. The van der Waals surface area contributed by atoms with E-state index in [2.05, 4.69) is 6.08 Å². The molecule has 17 heavy (non-hydrogen) atoms. The van der Waals surface area contributed by atoms with Gasteiger partial charge >= 0.3 is 5.97 Å². The van der Waals surface area contributed by atoms with Crippen molar-refractivity contribution in [3.05, 3.63) is 23.3 Å². The van der Waals surface area contributed by atoms with Gasteiger partial charge in [0.2, 0.25) is 0 Å². The highest BCUT2D eigenvalue weighted by molar-refractivity contribution is 5.89. The highest BCUT2D eigenvalue weighted by Crippen LogP contribution is 2.20. The molecule has 1 aliphatic carbocycles. The molecule has 0 radical (unpaired) electrons. The first-order chi connectivity index (χ1) is 8.13. The monoisotopic (exact) mass is 238 g/mol. The van der Waals surface area contributed by atoms with E-state index in [9.17, 15) is 4.79 Å². The Kier molecular flexibility index (Phi) is 5.98. The number of esters is 1. The van der Waals surface area contributed by atoms with E-state index >= 15 is 0 Å². The van der Waals surface area contributed by atoms with Crippen molar-refractivity contribution in [3.63, 3.8) is 0 Å². The van der Waals surface area contributed by atoms with Crippen molar-refractivity contribution in [3.8, 4) is 0 Å².